The fourth-order valence-corrected chi connectivity index (χ4v) is 2.08. The third kappa shape index (κ3) is 2.17. The van der Waals surface area contributed by atoms with E-state index in [0.717, 1.165) is 17.8 Å². The Morgan fingerprint density at radius 1 is 1.17 bits per heavy atom. The number of hydrogen-bond donors (Lipinski definition) is 0. The van der Waals surface area contributed by atoms with E-state index < -0.39 is 0 Å². The Balaban J connectivity index is 1.86. The molecule has 1 aromatic heterocycles. The van der Waals surface area contributed by atoms with Gasteiger partial charge >= 0.3 is 0 Å². The van der Waals surface area contributed by atoms with E-state index in [0.29, 0.717) is 0 Å². The summed E-state index contributed by atoms with van der Waals surface area (Å²) in [5, 5.41) is 1.92. The second-order valence-electron chi connectivity index (χ2n) is 4.47. The molecule has 1 unspecified atom stereocenters. The van der Waals surface area contributed by atoms with Crippen molar-refractivity contribution in [2.75, 3.05) is 11.6 Å². The molecule has 3 rings (SSSR count). The zero-order chi connectivity index (χ0) is 12.4. The maximum atomic E-state index is 5.98. The zero-order valence-electron chi connectivity index (χ0n) is 10.2. The number of anilines is 1. The Bertz CT molecular complexity index is 531. The quantitative estimate of drug-likeness (QED) is 0.749. The van der Waals surface area contributed by atoms with Gasteiger partial charge in [0.25, 0.3) is 0 Å². The average Bonchev–Trinajstić information content (AvgIpc) is 2.93. The van der Waals surface area contributed by atoms with Gasteiger partial charge in [0.15, 0.2) is 0 Å². The SMILES string of the molecule is CC1=CC(c2ccoc2)ON(c2ccccc2)C1. The molecule has 0 amide bonds. The molecule has 1 aromatic carbocycles. The van der Waals surface area contributed by atoms with Crippen molar-refractivity contribution in [2.24, 2.45) is 0 Å². The van der Waals surface area contributed by atoms with Crippen molar-refractivity contribution in [2.45, 2.75) is 13.0 Å². The van der Waals surface area contributed by atoms with E-state index in [1.54, 1.807) is 12.5 Å². The molecule has 2 aromatic rings. The first kappa shape index (κ1) is 11.1. The number of hydrogen-bond acceptors (Lipinski definition) is 3. The van der Waals surface area contributed by atoms with Crippen molar-refractivity contribution < 1.29 is 9.25 Å². The highest BCUT2D eigenvalue weighted by molar-refractivity contribution is 5.45. The van der Waals surface area contributed by atoms with Gasteiger partial charge in [0.1, 0.15) is 6.10 Å². The summed E-state index contributed by atoms with van der Waals surface area (Å²) < 4.78 is 5.12. The third-order valence-electron chi connectivity index (χ3n) is 2.99. The number of para-hydroxylation sites is 1. The lowest BCUT2D eigenvalue weighted by atomic mass is 10.1. The molecular formula is C15H15NO2. The van der Waals surface area contributed by atoms with Gasteiger partial charge in [-0.15, -0.1) is 0 Å². The molecule has 0 N–H and O–H groups in total. The maximum Gasteiger partial charge on any atom is 0.132 e. The van der Waals surface area contributed by atoms with Gasteiger partial charge in [-0.05, 0) is 31.2 Å². The second kappa shape index (κ2) is 4.70. The Labute approximate surface area is 106 Å². The predicted molar refractivity (Wildman–Crippen MR) is 70.1 cm³/mol. The second-order valence-corrected chi connectivity index (χ2v) is 4.47. The van der Waals surface area contributed by atoms with Gasteiger partial charge in [-0.25, -0.2) is 5.06 Å². The standard InChI is InChI=1S/C15H15NO2/c1-12-9-15(13-7-8-17-11-13)18-16(10-12)14-5-3-2-4-6-14/h2-9,11,15H,10H2,1H3. The molecule has 92 valence electrons. The van der Waals surface area contributed by atoms with Crippen LogP contribution in [-0.4, -0.2) is 6.54 Å². The van der Waals surface area contributed by atoms with E-state index >= 15 is 0 Å². The van der Waals surface area contributed by atoms with Crippen LogP contribution in [0.3, 0.4) is 0 Å². The Morgan fingerprint density at radius 2 is 2.00 bits per heavy atom. The normalized spacial score (nSPS) is 19.7. The Hall–Kier alpha value is -2.00. The minimum Gasteiger partial charge on any atom is -0.472 e. The number of furan rings is 1. The number of nitrogens with zero attached hydrogens (tertiary/aromatic N) is 1. The Morgan fingerprint density at radius 3 is 2.72 bits per heavy atom. The molecular weight excluding hydrogens is 226 g/mol. The molecule has 0 radical (unpaired) electrons. The van der Waals surface area contributed by atoms with E-state index in [9.17, 15) is 0 Å². The van der Waals surface area contributed by atoms with Crippen LogP contribution >= 0.6 is 0 Å². The van der Waals surface area contributed by atoms with Gasteiger partial charge in [-0.3, -0.25) is 4.84 Å². The average molecular weight is 241 g/mol. The highest BCUT2D eigenvalue weighted by Crippen LogP contribution is 2.29. The van der Waals surface area contributed by atoms with Crippen molar-refractivity contribution in [1.29, 1.82) is 0 Å². The first-order valence-corrected chi connectivity index (χ1v) is 6.02. The lowest BCUT2D eigenvalue weighted by molar-refractivity contribution is 0.0554. The Kier molecular flexibility index (Phi) is 2.90. The number of benzene rings is 1. The van der Waals surface area contributed by atoms with Crippen LogP contribution in [0.4, 0.5) is 5.69 Å². The van der Waals surface area contributed by atoms with Gasteiger partial charge in [0.2, 0.25) is 0 Å². The monoisotopic (exact) mass is 241 g/mol. The molecule has 3 heteroatoms. The van der Waals surface area contributed by atoms with Crippen molar-refractivity contribution >= 4 is 5.69 Å². The zero-order valence-corrected chi connectivity index (χ0v) is 10.2. The van der Waals surface area contributed by atoms with E-state index in [1.165, 1.54) is 5.57 Å². The summed E-state index contributed by atoms with van der Waals surface area (Å²) >= 11 is 0. The molecule has 0 saturated heterocycles. The molecule has 0 fully saturated rings. The van der Waals surface area contributed by atoms with Crippen LogP contribution in [0.2, 0.25) is 0 Å². The van der Waals surface area contributed by atoms with Crippen LogP contribution < -0.4 is 5.06 Å². The van der Waals surface area contributed by atoms with Crippen LogP contribution in [0, 0.1) is 0 Å². The molecule has 2 heterocycles. The lowest BCUT2D eigenvalue weighted by Crippen LogP contribution is -2.31. The molecule has 18 heavy (non-hydrogen) atoms. The minimum atomic E-state index is -0.0716. The first-order valence-electron chi connectivity index (χ1n) is 6.02. The van der Waals surface area contributed by atoms with Crippen molar-refractivity contribution in [1.82, 2.24) is 0 Å². The molecule has 1 atom stereocenters. The van der Waals surface area contributed by atoms with Crippen molar-refractivity contribution in [3.05, 3.63) is 66.1 Å². The van der Waals surface area contributed by atoms with Crippen LogP contribution in [-0.2, 0) is 4.84 Å². The largest absolute Gasteiger partial charge is 0.472 e. The van der Waals surface area contributed by atoms with Crippen molar-refractivity contribution in [3.8, 4) is 0 Å². The van der Waals surface area contributed by atoms with Gasteiger partial charge in [0.05, 0.1) is 24.8 Å². The fourth-order valence-electron chi connectivity index (χ4n) is 2.08. The summed E-state index contributed by atoms with van der Waals surface area (Å²) in [7, 11) is 0. The molecule has 0 saturated carbocycles. The van der Waals surface area contributed by atoms with E-state index in [1.807, 2.05) is 41.5 Å². The molecule has 1 aliphatic heterocycles. The maximum absolute atomic E-state index is 5.98. The summed E-state index contributed by atoms with van der Waals surface area (Å²) in [5.74, 6) is 0. The van der Waals surface area contributed by atoms with Crippen LogP contribution in [0.5, 0.6) is 0 Å². The van der Waals surface area contributed by atoms with Gasteiger partial charge < -0.3 is 4.42 Å². The van der Waals surface area contributed by atoms with Crippen LogP contribution in [0.15, 0.2) is 65.0 Å². The van der Waals surface area contributed by atoms with E-state index in [4.69, 9.17) is 9.25 Å². The van der Waals surface area contributed by atoms with Gasteiger partial charge in [0, 0.05) is 5.56 Å². The lowest BCUT2D eigenvalue weighted by Gasteiger charge is -2.32. The van der Waals surface area contributed by atoms with Crippen LogP contribution in [0.1, 0.15) is 18.6 Å². The topological polar surface area (TPSA) is 25.6 Å². The molecule has 0 spiro atoms. The molecule has 0 bridgehead atoms. The third-order valence-corrected chi connectivity index (χ3v) is 2.99. The first-order chi connectivity index (χ1) is 8.83. The highest BCUT2D eigenvalue weighted by atomic mass is 16.7. The summed E-state index contributed by atoms with van der Waals surface area (Å²) in [4.78, 5) is 5.98. The summed E-state index contributed by atoms with van der Waals surface area (Å²) in [6, 6.07) is 12.1. The predicted octanol–water partition coefficient (Wildman–Crippen LogP) is 3.72. The molecule has 0 aliphatic carbocycles. The van der Waals surface area contributed by atoms with Crippen LogP contribution in [0.25, 0.3) is 0 Å². The van der Waals surface area contributed by atoms with Gasteiger partial charge in [-0.2, -0.15) is 0 Å². The van der Waals surface area contributed by atoms with E-state index in [2.05, 4.69) is 13.0 Å². The highest BCUT2D eigenvalue weighted by Gasteiger charge is 2.21. The molecule has 1 aliphatic rings. The molecule has 3 nitrogen and oxygen atoms in total. The smallest absolute Gasteiger partial charge is 0.132 e. The summed E-state index contributed by atoms with van der Waals surface area (Å²) in [6.45, 7) is 2.91. The van der Waals surface area contributed by atoms with Crippen molar-refractivity contribution in [3.63, 3.8) is 0 Å². The number of rotatable bonds is 2. The van der Waals surface area contributed by atoms with Gasteiger partial charge in [-0.1, -0.05) is 23.8 Å². The number of hydroxylamine groups is 1. The minimum absolute atomic E-state index is 0.0716. The van der Waals surface area contributed by atoms with E-state index in [-0.39, 0.29) is 6.10 Å². The fraction of sp³-hybridized carbons (Fsp3) is 0.200. The summed E-state index contributed by atoms with van der Waals surface area (Å²) in [5.41, 5.74) is 3.39. The summed E-state index contributed by atoms with van der Waals surface area (Å²) in [6.07, 6.45) is 5.45.